The molecule has 0 fully saturated rings. The summed E-state index contributed by atoms with van der Waals surface area (Å²) in [5, 5.41) is 8.29. The van der Waals surface area contributed by atoms with Gasteiger partial charge in [-0.25, -0.2) is 4.39 Å². The Hall–Kier alpha value is -3.07. The Labute approximate surface area is 177 Å². The molecular formula is C21H20FN3O4S. The molecule has 0 spiro atoms. The van der Waals surface area contributed by atoms with E-state index in [0.717, 1.165) is 17.3 Å². The van der Waals surface area contributed by atoms with Crippen molar-refractivity contribution < 1.29 is 23.1 Å². The maximum Gasteiger partial charge on any atom is 0.277 e. The number of amides is 1. The fourth-order valence-corrected chi connectivity index (χ4v) is 3.65. The van der Waals surface area contributed by atoms with Gasteiger partial charge in [0.05, 0.1) is 11.8 Å². The minimum atomic E-state index is -0.501. The number of ether oxygens (including phenoxy) is 2. The smallest absolute Gasteiger partial charge is 0.277 e. The number of aromatic nitrogens is 2. The van der Waals surface area contributed by atoms with Crippen molar-refractivity contribution in [3.05, 3.63) is 65.8 Å². The van der Waals surface area contributed by atoms with E-state index >= 15 is 0 Å². The molecule has 7 nitrogen and oxygen atoms in total. The summed E-state index contributed by atoms with van der Waals surface area (Å²) in [5.74, 6) is 1.31. The zero-order chi connectivity index (χ0) is 21.1. The molecule has 0 bridgehead atoms. The number of fused-ring (bicyclic) bond motifs is 1. The van der Waals surface area contributed by atoms with Crippen molar-refractivity contribution in [2.75, 3.05) is 19.4 Å². The van der Waals surface area contributed by atoms with Crippen molar-refractivity contribution >= 4 is 17.7 Å². The van der Waals surface area contributed by atoms with Crippen LogP contribution >= 0.6 is 11.8 Å². The number of hydrogen-bond donors (Lipinski definition) is 0. The molecule has 9 heteroatoms. The Morgan fingerprint density at radius 2 is 1.93 bits per heavy atom. The Morgan fingerprint density at radius 1 is 1.20 bits per heavy atom. The van der Waals surface area contributed by atoms with E-state index in [-0.39, 0.29) is 35.3 Å². The molecule has 3 aromatic rings. The van der Waals surface area contributed by atoms with E-state index in [4.69, 9.17) is 13.9 Å². The first-order valence-electron chi connectivity index (χ1n) is 9.37. The molecule has 1 amide bonds. The lowest BCUT2D eigenvalue weighted by Gasteiger charge is -2.25. The van der Waals surface area contributed by atoms with Gasteiger partial charge in [0.15, 0.2) is 11.5 Å². The third-order valence-electron chi connectivity index (χ3n) is 4.85. The number of thioether (sulfide) groups is 1. The maximum atomic E-state index is 13.1. The minimum absolute atomic E-state index is 0.109. The van der Waals surface area contributed by atoms with Gasteiger partial charge in [0.2, 0.25) is 12.0 Å². The van der Waals surface area contributed by atoms with Crippen LogP contribution in [0.2, 0.25) is 0 Å². The van der Waals surface area contributed by atoms with Crippen molar-refractivity contribution in [1.82, 2.24) is 15.1 Å². The van der Waals surface area contributed by atoms with Crippen LogP contribution in [0.4, 0.5) is 4.39 Å². The molecule has 2 heterocycles. The number of carbonyl (C=O) groups excluding carboxylic acids is 1. The van der Waals surface area contributed by atoms with Crippen LogP contribution in [-0.2, 0) is 4.79 Å². The van der Waals surface area contributed by atoms with Crippen LogP contribution in [0.15, 0.2) is 58.2 Å². The molecule has 0 saturated heterocycles. The van der Waals surface area contributed by atoms with Gasteiger partial charge in [-0.05, 0) is 36.8 Å². The number of rotatable bonds is 6. The molecule has 1 aliphatic heterocycles. The van der Waals surface area contributed by atoms with E-state index in [1.807, 2.05) is 31.2 Å². The highest BCUT2D eigenvalue weighted by Crippen LogP contribution is 2.36. The molecule has 2 atom stereocenters. The fourth-order valence-electron chi connectivity index (χ4n) is 2.96. The first kappa shape index (κ1) is 20.2. The molecule has 1 aliphatic rings. The van der Waals surface area contributed by atoms with Crippen LogP contribution in [0, 0.1) is 5.82 Å². The van der Waals surface area contributed by atoms with Crippen LogP contribution in [0.3, 0.4) is 0 Å². The van der Waals surface area contributed by atoms with Gasteiger partial charge < -0.3 is 18.8 Å². The lowest BCUT2D eigenvalue weighted by Crippen LogP contribution is -2.31. The summed E-state index contributed by atoms with van der Waals surface area (Å²) < 4.78 is 30.3. The molecule has 0 saturated carbocycles. The monoisotopic (exact) mass is 429 g/mol. The van der Waals surface area contributed by atoms with Gasteiger partial charge in [-0.2, -0.15) is 0 Å². The third kappa shape index (κ3) is 4.40. The van der Waals surface area contributed by atoms with Crippen LogP contribution in [-0.4, -0.2) is 40.4 Å². The quantitative estimate of drug-likeness (QED) is 0.548. The average Bonchev–Trinajstić information content (AvgIpc) is 3.25. The van der Waals surface area contributed by atoms with Crippen LogP contribution in [0.25, 0.3) is 0 Å². The summed E-state index contributed by atoms with van der Waals surface area (Å²) in [6, 6.07) is 13.3. The highest BCUT2D eigenvalue weighted by Gasteiger charge is 2.27. The summed E-state index contributed by atoms with van der Waals surface area (Å²) in [6.45, 7) is 2.15. The van der Waals surface area contributed by atoms with Gasteiger partial charge in [-0.3, -0.25) is 4.79 Å². The zero-order valence-electron chi connectivity index (χ0n) is 16.4. The van der Waals surface area contributed by atoms with Gasteiger partial charge >= 0.3 is 0 Å². The van der Waals surface area contributed by atoms with E-state index in [9.17, 15) is 9.18 Å². The van der Waals surface area contributed by atoms with E-state index < -0.39 is 6.10 Å². The molecule has 1 aromatic heterocycles. The first-order chi connectivity index (χ1) is 14.5. The minimum Gasteiger partial charge on any atom is -0.485 e. The fraction of sp³-hybridized carbons (Fsp3) is 0.286. The second-order valence-corrected chi connectivity index (χ2v) is 7.72. The summed E-state index contributed by atoms with van der Waals surface area (Å²) >= 11 is 1.15. The topological polar surface area (TPSA) is 77.7 Å². The van der Waals surface area contributed by atoms with Crippen LogP contribution in [0.5, 0.6) is 11.5 Å². The number of carbonyl (C=O) groups is 1. The highest BCUT2D eigenvalue weighted by molar-refractivity contribution is 7.99. The summed E-state index contributed by atoms with van der Waals surface area (Å²) in [7, 11) is 1.71. The molecule has 0 N–H and O–H groups in total. The number of halogens is 1. The van der Waals surface area contributed by atoms with E-state index in [1.54, 1.807) is 24.1 Å². The van der Waals surface area contributed by atoms with Gasteiger partial charge in [0, 0.05) is 7.05 Å². The Balaban J connectivity index is 1.33. The van der Waals surface area contributed by atoms with E-state index in [1.165, 1.54) is 12.1 Å². The van der Waals surface area contributed by atoms with Crippen LogP contribution < -0.4 is 9.47 Å². The number of hydrogen-bond acceptors (Lipinski definition) is 7. The Bertz CT molecular complexity index is 1030. The zero-order valence-corrected chi connectivity index (χ0v) is 17.3. The van der Waals surface area contributed by atoms with Crippen LogP contribution in [0.1, 0.15) is 30.5 Å². The molecule has 0 radical (unpaired) electrons. The SMILES string of the molecule is CC(c1ccc(F)cc1)N(C)C(=O)CSc1nnc(C2COc3ccccc3O2)o1. The molecule has 2 aromatic carbocycles. The summed E-state index contributed by atoms with van der Waals surface area (Å²) in [4.78, 5) is 14.1. The molecule has 156 valence electrons. The standard InChI is InChI=1S/C21H20FN3O4S/c1-13(14-7-9-15(22)10-8-14)25(2)19(26)12-30-21-24-23-20(29-21)18-11-27-16-5-3-4-6-17(16)28-18/h3-10,13,18H,11-12H2,1-2H3. The maximum absolute atomic E-state index is 13.1. The van der Waals surface area contributed by atoms with Gasteiger partial charge in [0.1, 0.15) is 12.4 Å². The number of para-hydroxylation sites is 2. The van der Waals surface area contributed by atoms with Gasteiger partial charge in [-0.1, -0.05) is 36.0 Å². The molecular weight excluding hydrogens is 409 g/mol. The molecule has 2 unspecified atom stereocenters. The van der Waals surface area contributed by atoms with Crippen molar-refractivity contribution in [2.45, 2.75) is 24.3 Å². The largest absolute Gasteiger partial charge is 0.485 e. The van der Waals surface area contributed by atoms with Crippen molar-refractivity contribution in [1.29, 1.82) is 0 Å². The number of benzene rings is 2. The average molecular weight is 429 g/mol. The lowest BCUT2D eigenvalue weighted by molar-refractivity contribution is -0.128. The molecule has 30 heavy (non-hydrogen) atoms. The second kappa shape index (κ2) is 8.74. The molecule has 0 aliphatic carbocycles. The Morgan fingerprint density at radius 3 is 2.70 bits per heavy atom. The summed E-state index contributed by atoms with van der Waals surface area (Å²) in [6.07, 6.45) is -0.501. The van der Waals surface area contributed by atoms with E-state index in [2.05, 4.69) is 10.2 Å². The van der Waals surface area contributed by atoms with Gasteiger partial charge in [0.25, 0.3) is 11.1 Å². The van der Waals surface area contributed by atoms with Crippen molar-refractivity contribution in [3.63, 3.8) is 0 Å². The van der Waals surface area contributed by atoms with Gasteiger partial charge in [-0.15, -0.1) is 10.2 Å². The lowest BCUT2D eigenvalue weighted by atomic mass is 10.1. The predicted octanol–water partition coefficient (Wildman–Crippen LogP) is 4.03. The Kier molecular flexibility index (Phi) is 5.89. The van der Waals surface area contributed by atoms with Crippen molar-refractivity contribution in [3.8, 4) is 11.5 Å². The second-order valence-electron chi connectivity index (χ2n) is 6.79. The third-order valence-corrected chi connectivity index (χ3v) is 5.66. The first-order valence-corrected chi connectivity index (χ1v) is 10.4. The normalized spacial score (nSPS) is 16.2. The number of nitrogens with zero attached hydrogens (tertiary/aromatic N) is 3. The predicted molar refractivity (Wildman–Crippen MR) is 108 cm³/mol. The van der Waals surface area contributed by atoms with E-state index in [0.29, 0.717) is 17.4 Å². The summed E-state index contributed by atoms with van der Waals surface area (Å²) in [5.41, 5.74) is 0.854. The molecule has 4 rings (SSSR count). The van der Waals surface area contributed by atoms with Crippen molar-refractivity contribution in [2.24, 2.45) is 0 Å². The highest BCUT2D eigenvalue weighted by atomic mass is 32.2.